The maximum absolute atomic E-state index is 12.5. The number of carboxylic acid groups (broad SMARTS) is 1. The molecule has 0 radical (unpaired) electrons. The Morgan fingerprint density at radius 1 is 0.929 bits per heavy atom. The second kappa shape index (κ2) is 14.4. The van der Waals surface area contributed by atoms with Crippen LogP contribution in [0.1, 0.15) is 52.0 Å². The van der Waals surface area contributed by atoms with Gasteiger partial charge in [0.2, 0.25) is 12.2 Å². The number of unbranched alkanes of at least 4 members (excludes halogenated alkanes) is 3. The van der Waals surface area contributed by atoms with Crippen molar-refractivity contribution in [3.05, 3.63) is 40.2 Å². The number of alkyl carbamates (subject to hydrolysis) is 1. The zero-order valence-electron chi connectivity index (χ0n) is 23.7. The van der Waals surface area contributed by atoms with Crippen molar-refractivity contribution in [3.8, 4) is 5.75 Å². The fraction of sp³-hybridized carbons (Fsp3) is 0.571. The summed E-state index contributed by atoms with van der Waals surface area (Å²) in [7, 11) is 0. The molecule has 232 valence electrons. The quantitative estimate of drug-likeness (QED) is 0.149. The van der Waals surface area contributed by atoms with E-state index in [-0.39, 0.29) is 23.7 Å². The lowest BCUT2D eigenvalue weighted by molar-refractivity contribution is -0.271. The number of nitrogens with one attached hydrogen (secondary N) is 2. The Kier molecular flexibility index (Phi) is 11.3. The van der Waals surface area contributed by atoms with Gasteiger partial charge in [-0.1, -0.05) is 12.8 Å². The molecule has 6 N–H and O–H groups in total. The minimum Gasteiger partial charge on any atom is -0.479 e. The maximum atomic E-state index is 12.5. The summed E-state index contributed by atoms with van der Waals surface area (Å²) in [5.41, 5.74) is -0.766. The molecule has 2 heterocycles. The van der Waals surface area contributed by atoms with Crippen LogP contribution in [0.5, 0.6) is 5.75 Å². The maximum Gasteiger partial charge on any atom is 0.407 e. The lowest BCUT2D eigenvalue weighted by Gasteiger charge is -2.38. The van der Waals surface area contributed by atoms with Crippen molar-refractivity contribution in [3.63, 3.8) is 0 Å². The van der Waals surface area contributed by atoms with E-state index in [0.717, 1.165) is 25.7 Å². The Balaban J connectivity index is 1.49. The molecule has 1 aliphatic heterocycles. The van der Waals surface area contributed by atoms with Crippen LogP contribution in [-0.4, -0.2) is 87.8 Å². The van der Waals surface area contributed by atoms with E-state index >= 15 is 0 Å². The summed E-state index contributed by atoms with van der Waals surface area (Å²) in [4.78, 5) is 47.6. The second-order valence-corrected chi connectivity index (χ2v) is 11.0. The molecule has 2 amide bonds. The Morgan fingerprint density at radius 3 is 2.24 bits per heavy atom. The van der Waals surface area contributed by atoms with Crippen LogP contribution in [-0.2, 0) is 25.5 Å². The van der Waals surface area contributed by atoms with Crippen molar-refractivity contribution in [2.24, 2.45) is 0 Å². The number of benzene rings is 1. The Bertz CT molecular complexity index is 1300. The van der Waals surface area contributed by atoms with E-state index in [1.165, 1.54) is 24.3 Å². The Morgan fingerprint density at radius 2 is 1.60 bits per heavy atom. The van der Waals surface area contributed by atoms with E-state index in [0.29, 0.717) is 24.0 Å². The normalized spacial score (nSPS) is 22.4. The van der Waals surface area contributed by atoms with Gasteiger partial charge in [-0.05, 0) is 51.3 Å². The van der Waals surface area contributed by atoms with Crippen molar-refractivity contribution in [1.82, 2.24) is 10.6 Å². The first-order valence-corrected chi connectivity index (χ1v) is 13.6. The predicted molar refractivity (Wildman–Crippen MR) is 147 cm³/mol. The van der Waals surface area contributed by atoms with Crippen molar-refractivity contribution < 1.29 is 53.4 Å². The van der Waals surface area contributed by atoms with Crippen LogP contribution in [0.2, 0.25) is 0 Å². The van der Waals surface area contributed by atoms with Crippen LogP contribution in [0.4, 0.5) is 4.79 Å². The number of ether oxygens (including phenoxy) is 3. The minimum atomic E-state index is -1.87. The highest BCUT2D eigenvalue weighted by Crippen LogP contribution is 2.28. The SMILES string of the molecule is CC(C)(C)OC(=O)NCCCCCCNC(=O)Cc1cc(=O)oc2cc(O[C@@H]3OC(C(=O)O)[C@@H](O)[C@H](O)[C@H]3O)ccc12. The second-order valence-electron chi connectivity index (χ2n) is 11.0. The van der Waals surface area contributed by atoms with Gasteiger partial charge in [0.25, 0.3) is 0 Å². The van der Waals surface area contributed by atoms with Gasteiger partial charge >= 0.3 is 17.7 Å². The molecule has 0 spiro atoms. The van der Waals surface area contributed by atoms with Crippen molar-refractivity contribution in [2.45, 2.75) is 89.2 Å². The Hall–Kier alpha value is -3.72. The highest BCUT2D eigenvalue weighted by Gasteiger charge is 2.48. The molecule has 1 saturated heterocycles. The number of fused-ring (bicyclic) bond motifs is 1. The molecule has 1 aliphatic rings. The molecule has 0 aliphatic carbocycles. The molecule has 1 aromatic heterocycles. The van der Waals surface area contributed by atoms with E-state index in [1.807, 2.05) is 0 Å². The summed E-state index contributed by atoms with van der Waals surface area (Å²) in [6, 6.07) is 5.48. The summed E-state index contributed by atoms with van der Waals surface area (Å²) >= 11 is 0. The topological polar surface area (TPSA) is 214 Å². The fourth-order valence-electron chi connectivity index (χ4n) is 4.28. The lowest BCUT2D eigenvalue weighted by atomic mass is 9.99. The Labute approximate surface area is 241 Å². The van der Waals surface area contributed by atoms with E-state index in [1.54, 1.807) is 20.8 Å². The zero-order valence-corrected chi connectivity index (χ0v) is 23.7. The summed E-state index contributed by atoms with van der Waals surface area (Å²) in [6.07, 6.45) is -6.25. The molecule has 1 fully saturated rings. The van der Waals surface area contributed by atoms with Crippen LogP contribution in [0.25, 0.3) is 11.0 Å². The number of hydrogen-bond acceptors (Lipinski definition) is 11. The molecule has 1 aromatic carbocycles. The number of amides is 2. The molecule has 1 unspecified atom stereocenters. The third-order valence-corrected chi connectivity index (χ3v) is 6.31. The first-order valence-electron chi connectivity index (χ1n) is 13.6. The van der Waals surface area contributed by atoms with Gasteiger partial charge in [0.1, 0.15) is 35.2 Å². The summed E-state index contributed by atoms with van der Waals surface area (Å²) < 4.78 is 21.0. The number of carboxylic acids is 1. The largest absolute Gasteiger partial charge is 0.479 e. The van der Waals surface area contributed by atoms with Crippen molar-refractivity contribution in [2.75, 3.05) is 13.1 Å². The standard InChI is InChI=1S/C28H38N2O12/c1-28(2,3)42-27(38)30-11-7-5-4-6-10-29-19(31)12-15-13-20(32)40-18-14-16(8-9-17(15)18)39-26-23(35)21(33)22(34)24(41-26)25(36)37/h8-9,13-14,21-24,26,33-35H,4-7,10-12H2,1-3H3,(H,29,31)(H,30,38)(H,36,37)/t21-,22-,23+,24?,26+/m0/s1. The summed E-state index contributed by atoms with van der Waals surface area (Å²) in [5, 5.41) is 45.1. The fourth-order valence-corrected chi connectivity index (χ4v) is 4.28. The molecular weight excluding hydrogens is 556 g/mol. The van der Waals surface area contributed by atoms with Gasteiger partial charge in [0, 0.05) is 30.6 Å². The molecule has 14 heteroatoms. The van der Waals surface area contributed by atoms with E-state index < -0.39 is 54.0 Å². The van der Waals surface area contributed by atoms with Crippen LogP contribution >= 0.6 is 0 Å². The molecule has 3 rings (SSSR count). The van der Waals surface area contributed by atoms with E-state index in [4.69, 9.17) is 18.6 Å². The number of carbonyl (C=O) groups excluding carboxylic acids is 2. The van der Waals surface area contributed by atoms with Gasteiger partial charge < -0.3 is 49.7 Å². The number of aliphatic hydroxyl groups excluding tert-OH is 3. The molecule has 42 heavy (non-hydrogen) atoms. The van der Waals surface area contributed by atoms with Gasteiger partial charge in [0.15, 0.2) is 6.10 Å². The van der Waals surface area contributed by atoms with Crippen LogP contribution in [0, 0.1) is 0 Å². The zero-order chi connectivity index (χ0) is 31.0. The van der Waals surface area contributed by atoms with Crippen molar-refractivity contribution >= 4 is 28.9 Å². The molecule has 0 bridgehead atoms. The summed E-state index contributed by atoms with van der Waals surface area (Å²) in [6.45, 7) is 6.33. The number of aliphatic carboxylic acids is 1. The van der Waals surface area contributed by atoms with Crippen LogP contribution in [0.3, 0.4) is 0 Å². The highest BCUT2D eigenvalue weighted by molar-refractivity contribution is 5.87. The van der Waals surface area contributed by atoms with Crippen molar-refractivity contribution in [1.29, 1.82) is 0 Å². The molecular formula is C28H38N2O12. The smallest absolute Gasteiger partial charge is 0.407 e. The van der Waals surface area contributed by atoms with Gasteiger partial charge in [-0.2, -0.15) is 0 Å². The molecule has 0 saturated carbocycles. The number of hydrogen-bond donors (Lipinski definition) is 6. The number of rotatable bonds is 12. The van der Waals surface area contributed by atoms with E-state index in [2.05, 4.69) is 10.6 Å². The highest BCUT2D eigenvalue weighted by atomic mass is 16.7. The number of carbonyl (C=O) groups is 3. The average molecular weight is 595 g/mol. The molecule has 5 atom stereocenters. The van der Waals surface area contributed by atoms with Crippen LogP contribution in [0.15, 0.2) is 33.5 Å². The first kappa shape index (κ1) is 32.8. The monoisotopic (exact) mass is 594 g/mol. The van der Waals surface area contributed by atoms with Gasteiger partial charge in [-0.25, -0.2) is 14.4 Å². The molecule has 14 nitrogen and oxygen atoms in total. The first-order chi connectivity index (χ1) is 19.7. The third kappa shape index (κ3) is 9.41. The third-order valence-electron chi connectivity index (χ3n) is 6.31. The van der Waals surface area contributed by atoms with E-state index in [9.17, 15) is 39.6 Å². The van der Waals surface area contributed by atoms with Gasteiger partial charge in [0.05, 0.1) is 6.42 Å². The molecule has 2 aromatic rings. The number of aliphatic hydroxyl groups is 3. The minimum absolute atomic E-state index is 0.0188. The average Bonchev–Trinajstić information content (AvgIpc) is 2.89. The van der Waals surface area contributed by atoms with Crippen LogP contribution < -0.4 is 21.0 Å². The lowest BCUT2D eigenvalue weighted by Crippen LogP contribution is -2.61. The predicted octanol–water partition coefficient (Wildman–Crippen LogP) is 0.808. The van der Waals surface area contributed by atoms with Gasteiger partial charge in [-0.3, -0.25) is 4.79 Å². The summed E-state index contributed by atoms with van der Waals surface area (Å²) in [5.74, 6) is -1.83. The van der Waals surface area contributed by atoms with Gasteiger partial charge in [-0.15, -0.1) is 0 Å².